The van der Waals surface area contributed by atoms with Crippen molar-refractivity contribution in [1.29, 1.82) is 0 Å². The van der Waals surface area contributed by atoms with Crippen molar-refractivity contribution < 1.29 is 23.5 Å². The number of halogens is 1. The molecule has 3 fully saturated rings. The van der Waals surface area contributed by atoms with Crippen molar-refractivity contribution in [2.24, 2.45) is 13.0 Å². The van der Waals surface area contributed by atoms with Gasteiger partial charge in [0.2, 0.25) is 11.8 Å². The second kappa shape index (κ2) is 11.0. The smallest absolute Gasteiger partial charge is 0.410 e. The molecule has 1 aromatic carbocycles. The van der Waals surface area contributed by atoms with E-state index in [4.69, 9.17) is 4.74 Å². The number of carbonyl (C=O) groups is 3. The van der Waals surface area contributed by atoms with Crippen molar-refractivity contribution in [2.75, 3.05) is 32.7 Å². The van der Waals surface area contributed by atoms with E-state index in [-0.39, 0.29) is 36.3 Å². The third-order valence-corrected chi connectivity index (χ3v) is 8.54. The highest BCUT2D eigenvalue weighted by Gasteiger charge is 2.34. The van der Waals surface area contributed by atoms with Gasteiger partial charge in [0.05, 0.1) is 5.52 Å². The monoisotopic (exact) mass is 557 g/mol. The normalized spacial score (nSPS) is 22.1. The van der Waals surface area contributed by atoms with Crippen LogP contribution in [0.4, 0.5) is 9.18 Å². The largest absolute Gasteiger partial charge is 0.444 e. The van der Waals surface area contributed by atoms with E-state index >= 15 is 4.39 Å². The first-order valence-corrected chi connectivity index (χ1v) is 14.4. The zero-order valence-corrected chi connectivity index (χ0v) is 23.9. The Labute approximate surface area is 233 Å². The quantitative estimate of drug-likeness (QED) is 0.579. The molecule has 0 aliphatic carbocycles. The summed E-state index contributed by atoms with van der Waals surface area (Å²) in [5.41, 5.74) is 0.223. The van der Waals surface area contributed by atoms with Crippen molar-refractivity contribution in [3.05, 3.63) is 34.0 Å². The average Bonchev–Trinajstić information content (AvgIpc) is 3.15. The second-order valence-electron chi connectivity index (χ2n) is 12.5. The van der Waals surface area contributed by atoms with Gasteiger partial charge in [0.25, 0.3) is 0 Å². The van der Waals surface area contributed by atoms with E-state index in [1.165, 1.54) is 16.2 Å². The summed E-state index contributed by atoms with van der Waals surface area (Å²) in [6, 6.07) is 2.66. The topological polar surface area (TPSA) is 106 Å². The Bertz CT molecular complexity index is 1360. The van der Waals surface area contributed by atoms with E-state index in [1.807, 2.05) is 20.8 Å². The molecule has 1 atom stereocenters. The number of carbonyl (C=O) groups excluding carboxylic acids is 3. The number of aryl methyl sites for hydroxylation is 1. The van der Waals surface area contributed by atoms with E-state index in [2.05, 4.69) is 10.2 Å². The Morgan fingerprint density at radius 3 is 2.33 bits per heavy atom. The molecule has 3 aliphatic rings. The number of nitrogens with one attached hydrogen (secondary N) is 1. The van der Waals surface area contributed by atoms with Gasteiger partial charge in [-0.2, -0.15) is 0 Å². The van der Waals surface area contributed by atoms with Gasteiger partial charge in [-0.25, -0.2) is 14.0 Å². The second-order valence-corrected chi connectivity index (χ2v) is 12.5. The standard InChI is InChI=1S/C29H40FN5O5/c1-29(2,3)40-28(39)34-15-9-18(10-16-34)17-33-13-11-19(12-14-33)20-5-6-21-25(24(20)30)32(4)27(38)35(21)22-7-8-23(36)31-26(22)37/h5-6,18-19,22H,7-17H2,1-4H3,(H,31,36,37). The molecule has 3 amide bonds. The fourth-order valence-electron chi connectivity index (χ4n) is 6.40. The van der Waals surface area contributed by atoms with E-state index in [1.54, 1.807) is 17.0 Å². The van der Waals surface area contributed by atoms with E-state index in [0.29, 0.717) is 30.1 Å². The number of hydrogen-bond donors (Lipinski definition) is 1. The van der Waals surface area contributed by atoms with E-state index in [9.17, 15) is 19.2 Å². The molecule has 2 aromatic rings. The van der Waals surface area contributed by atoms with Crippen LogP contribution in [0.1, 0.15) is 76.8 Å². The maximum absolute atomic E-state index is 15.9. The third kappa shape index (κ3) is 5.66. The molecule has 1 aromatic heterocycles. The van der Waals surface area contributed by atoms with Crippen molar-refractivity contribution in [3.63, 3.8) is 0 Å². The number of ether oxygens (including phenoxy) is 1. The van der Waals surface area contributed by atoms with Crippen molar-refractivity contribution in [1.82, 2.24) is 24.3 Å². The highest BCUT2D eigenvalue weighted by molar-refractivity contribution is 6.00. The lowest BCUT2D eigenvalue weighted by Gasteiger charge is -2.38. The first-order chi connectivity index (χ1) is 18.9. The van der Waals surface area contributed by atoms with Gasteiger partial charge in [0.1, 0.15) is 17.2 Å². The Kier molecular flexibility index (Phi) is 7.78. The lowest BCUT2D eigenvalue weighted by Crippen LogP contribution is -2.44. The summed E-state index contributed by atoms with van der Waals surface area (Å²) < 4.78 is 24.0. The number of imide groups is 1. The number of amides is 3. The predicted octanol–water partition coefficient (Wildman–Crippen LogP) is 3.28. The summed E-state index contributed by atoms with van der Waals surface area (Å²) in [4.78, 5) is 53.7. The summed E-state index contributed by atoms with van der Waals surface area (Å²) in [5.74, 6) is -0.733. The van der Waals surface area contributed by atoms with Gasteiger partial charge in [-0.1, -0.05) is 6.07 Å². The molecule has 0 spiro atoms. The number of rotatable bonds is 4. The van der Waals surface area contributed by atoms with Crippen LogP contribution in [0, 0.1) is 11.7 Å². The molecule has 0 saturated carbocycles. The van der Waals surface area contributed by atoms with Crippen LogP contribution in [0.25, 0.3) is 11.0 Å². The van der Waals surface area contributed by atoms with E-state index in [0.717, 1.165) is 45.3 Å². The van der Waals surface area contributed by atoms with Crippen LogP contribution in [0.2, 0.25) is 0 Å². The number of aromatic nitrogens is 2. The van der Waals surface area contributed by atoms with Gasteiger partial charge < -0.3 is 14.5 Å². The summed E-state index contributed by atoms with van der Waals surface area (Å²) in [6.07, 6.45) is 3.65. The van der Waals surface area contributed by atoms with Crippen molar-refractivity contribution in [2.45, 2.75) is 76.9 Å². The predicted molar refractivity (Wildman–Crippen MR) is 148 cm³/mol. The fraction of sp³-hybridized carbons (Fsp3) is 0.655. The Hall–Kier alpha value is -3.21. The first-order valence-electron chi connectivity index (χ1n) is 14.4. The number of imidazole rings is 1. The number of fused-ring (bicyclic) bond motifs is 1. The van der Waals surface area contributed by atoms with Gasteiger partial charge in [-0.05, 0) is 89.4 Å². The first kappa shape index (κ1) is 28.3. The van der Waals surface area contributed by atoms with Crippen LogP contribution in [0.15, 0.2) is 16.9 Å². The van der Waals surface area contributed by atoms with Gasteiger partial charge in [-0.3, -0.25) is 24.0 Å². The molecule has 4 heterocycles. The van der Waals surface area contributed by atoms with Crippen LogP contribution in [0.3, 0.4) is 0 Å². The molecule has 40 heavy (non-hydrogen) atoms. The van der Waals surface area contributed by atoms with Crippen LogP contribution in [-0.2, 0) is 21.4 Å². The van der Waals surface area contributed by atoms with Gasteiger partial charge in [0, 0.05) is 33.1 Å². The average molecular weight is 558 g/mol. The summed E-state index contributed by atoms with van der Waals surface area (Å²) >= 11 is 0. The minimum Gasteiger partial charge on any atom is -0.444 e. The number of likely N-dealkylation sites (tertiary alicyclic amines) is 2. The molecular formula is C29H40FN5O5. The summed E-state index contributed by atoms with van der Waals surface area (Å²) in [5, 5.41) is 2.29. The minimum absolute atomic E-state index is 0.0451. The molecule has 3 saturated heterocycles. The molecule has 3 aliphatic heterocycles. The number of nitrogens with zero attached hydrogens (tertiary/aromatic N) is 4. The number of hydrogen-bond acceptors (Lipinski definition) is 6. The van der Waals surface area contributed by atoms with Gasteiger partial charge in [-0.15, -0.1) is 0 Å². The maximum atomic E-state index is 15.9. The van der Waals surface area contributed by atoms with Crippen LogP contribution >= 0.6 is 0 Å². The molecule has 10 nitrogen and oxygen atoms in total. The number of benzene rings is 1. The maximum Gasteiger partial charge on any atom is 0.410 e. The molecular weight excluding hydrogens is 517 g/mol. The number of piperidine rings is 3. The highest BCUT2D eigenvalue weighted by Crippen LogP contribution is 2.34. The summed E-state index contributed by atoms with van der Waals surface area (Å²) in [7, 11) is 1.52. The van der Waals surface area contributed by atoms with E-state index < -0.39 is 29.1 Å². The lowest BCUT2D eigenvalue weighted by molar-refractivity contribution is -0.135. The Balaban J connectivity index is 1.21. The highest BCUT2D eigenvalue weighted by atomic mass is 19.1. The van der Waals surface area contributed by atoms with Crippen LogP contribution in [0.5, 0.6) is 0 Å². The third-order valence-electron chi connectivity index (χ3n) is 8.54. The zero-order chi connectivity index (χ0) is 28.8. The molecule has 11 heteroatoms. The summed E-state index contributed by atoms with van der Waals surface area (Å²) in [6.45, 7) is 9.75. The Morgan fingerprint density at radius 1 is 1.02 bits per heavy atom. The molecule has 0 radical (unpaired) electrons. The minimum atomic E-state index is -0.835. The fourth-order valence-corrected chi connectivity index (χ4v) is 6.40. The Morgan fingerprint density at radius 2 is 1.70 bits per heavy atom. The van der Waals surface area contributed by atoms with Crippen LogP contribution < -0.4 is 11.0 Å². The van der Waals surface area contributed by atoms with Crippen LogP contribution in [-0.4, -0.2) is 75.2 Å². The van der Waals surface area contributed by atoms with Gasteiger partial charge in [0.15, 0.2) is 5.82 Å². The SMILES string of the molecule is Cn1c(=O)n(C2CCC(=O)NC2=O)c2ccc(C3CCN(CC4CCN(C(=O)OC(C)(C)C)CC4)CC3)c(F)c21. The molecule has 1 unspecified atom stereocenters. The molecule has 0 bridgehead atoms. The molecule has 5 rings (SSSR count). The molecule has 218 valence electrons. The van der Waals surface area contributed by atoms with Crippen molar-refractivity contribution >= 4 is 28.9 Å². The van der Waals surface area contributed by atoms with Crippen molar-refractivity contribution in [3.8, 4) is 0 Å². The zero-order valence-electron chi connectivity index (χ0n) is 23.9. The molecule has 1 N–H and O–H groups in total. The lowest BCUT2D eigenvalue weighted by atomic mass is 9.87. The van der Waals surface area contributed by atoms with Gasteiger partial charge >= 0.3 is 11.8 Å².